The van der Waals surface area contributed by atoms with Crippen molar-refractivity contribution in [1.29, 1.82) is 0 Å². The molecule has 12 heteroatoms. The Morgan fingerprint density at radius 2 is 1.89 bits per heavy atom. The lowest BCUT2D eigenvalue weighted by Gasteiger charge is -2.12. The molecule has 186 valence electrons. The van der Waals surface area contributed by atoms with Crippen LogP contribution in [0, 0.1) is 6.92 Å². The number of hydrogen-bond acceptors (Lipinski definition) is 5. The first-order valence-electron chi connectivity index (χ1n) is 10.4. The van der Waals surface area contributed by atoms with Gasteiger partial charge in [0.1, 0.15) is 5.75 Å². The number of aromatic nitrogens is 3. The van der Waals surface area contributed by atoms with Gasteiger partial charge < -0.3 is 15.2 Å². The van der Waals surface area contributed by atoms with Gasteiger partial charge in [0, 0.05) is 16.8 Å². The van der Waals surface area contributed by atoms with Crippen molar-refractivity contribution in [3.8, 4) is 17.3 Å². The summed E-state index contributed by atoms with van der Waals surface area (Å²) >= 11 is 5.96. The Morgan fingerprint density at radius 1 is 1.17 bits per heavy atom. The van der Waals surface area contributed by atoms with Gasteiger partial charge in [-0.25, -0.2) is 9.36 Å². The molecule has 0 fully saturated rings. The number of nitrogens with zero attached hydrogens (tertiary/aromatic N) is 3. The molecule has 2 aromatic heterocycles. The van der Waals surface area contributed by atoms with Gasteiger partial charge in [0.2, 0.25) is 5.88 Å². The van der Waals surface area contributed by atoms with Gasteiger partial charge in [-0.2, -0.15) is 0 Å². The van der Waals surface area contributed by atoms with Crippen molar-refractivity contribution in [2.45, 2.75) is 19.8 Å². The van der Waals surface area contributed by atoms with Gasteiger partial charge in [0.05, 0.1) is 29.8 Å². The fourth-order valence-corrected chi connectivity index (χ4v) is 3.71. The van der Waals surface area contributed by atoms with Crippen LogP contribution < -0.4 is 15.7 Å². The minimum Gasteiger partial charge on any atom is -0.493 e. The number of nitrogens with one attached hydrogen (secondary N) is 1. The lowest BCUT2D eigenvalue weighted by Crippen LogP contribution is -2.25. The van der Waals surface area contributed by atoms with Gasteiger partial charge >= 0.3 is 12.1 Å². The Balaban J connectivity index is 1.63. The van der Waals surface area contributed by atoms with Gasteiger partial charge in [-0.3, -0.25) is 14.3 Å². The summed E-state index contributed by atoms with van der Waals surface area (Å²) in [4.78, 5) is 29.9. The summed E-state index contributed by atoms with van der Waals surface area (Å²) in [7, 11) is 0. The van der Waals surface area contributed by atoms with Gasteiger partial charge in [-0.05, 0) is 61.0 Å². The van der Waals surface area contributed by atoms with E-state index in [1.807, 2.05) is 0 Å². The van der Waals surface area contributed by atoms with Crippen molar-refractivity contribution < 1.29 is 27.8 Å². The van der Waals surface area contributed by atoms with Gasteiger partial charge in [-0.15, -0.1) is 13.2 Å². The molecule has 0 aliphatic carbocycles. The predicted octanol–water partition coefficient (Wildman–Crippen LogP) is 4.90. The summed E-state index contributed by atoms with van der Waals surface area (Å²) in [6.07, 6.45) is -1.94. The van der Waals surface area contributed by atoms with E-state index in [0.717, 1.165) is 16.7 Å². The molecule has 2 aromatic carbocycles. The molecule has 0 aliphatic heterocycles. The summed E-state index contributed by atoms with van der Waals surface area (Å²) in [5.74, 6) is -1.28. The molecule has 8 nitrogen and oxygen atoms in total. The number of rotatable bonds is 6. The second-order valence-corrected chi connectivity index (χ2v) is 8.09. The molecule has 0 aliphatic rings. The van der Waals surface area contributed by atoms with Crippen LogP contribution in [-0.4, -0.2) is 31.5 Å². The first-order valence-corrected chi connectivity index (χ1v) is 10.8. The zero-order valence-electron chi connectivity index (χ0n) is 18.6. The Morgan fingerprint density at radius 3 is 2.56 bits per heavy atom. The Hall–Kier alpha value is -4.25. The van der Waals surface area contributed by atoms with Crippen LogP contribution in [0.2, 0.25) is 5.02 Å². The summed E-state index contributed by atoms with van der Waals surface area (Å²) in [5.41, 5.74) is 0.898. The van der Waals surface area contributed by atoms with Crippen molar-refractivity contribution in [3.05, 3.63) is 99.3 Å². The molecule has 0 saturated carbocycles. The van der Waals surface area contributed by atoms with E-state index in [4.69, 9.17) is 11.6 Å². The molecule has 0 unspecified atom stereocenters. The second kappa shape index (κ2) is 9.78. The summed E-state index contributed by atoms with van der Waals surface area (Å²) < 4.78 is 43.3. The van der Waals surface area contributed by atoms with Crippen LogP contribution in [-0.2, 0) is 6.54 Å². The lowest BCUT2D eigenvalue weighted by atomic mass is 10.2. The van der Waals surface area contributed by atoms with E-state index < -0.39 is 23.7 Å². The lowest BCUT2D eigenvalue weighted by molar-refractivity contribution is -0.274. The number of alkyl halides is 3. The summed E-state index contributed by atoms with van der Waals surface area (Å²) in [6, 6.07) is 12.5. The highest BCUT2D eigenvalue weighted by molar-refractivity contribution is 6.31. The second-order valence-electron chi connectivity index (χ2n) is 7.65. The molecular formula is C24H18ClF3N4O4. The minimum absolute atomic E-state index is 0.0336. The highest BCUT2D eigenvalue weighted by Crippen LogP contribution is 2.26. The number of aromatic hydroxyl groups is 1. The third-order valence-electron chi connectivity index (χ3n) is 5.27. The third kappa shape index (κ3) is 5.36. The highest BCUT2D eigenvalue weighted by Gasteiger charge is 2.31. The molecule has 4 aromatic rings. The largest absolute Gasteiger partial charge is 0.573 e. The molecule has 0 bridgehead atoms. The van der Waals surface area contributed by atoms with Crippen molar-refractivity contribution in [3.63, 3.8) is 0 Å². The molecule has 2 N–H and O–H groups in total. The molecule has 0 spiro atoms. The number of pyridine rings is 1. The standard InChI is InChI=1S/C24H18ClF3N4O4/c1-14-22(34)32(18-5-7-19(8-6-18)36-24(26,27)28)23(35)31(14)13-16-9-10-29-12-20(16)30-21(33)15-3-2-4-17(25)11-15/h2-12,34H,13H2,1H3,(H,30,33). The van der Waals surface area contributed by atoms with Gasteiger partial charge in [0.15, 0.2) is 0 Å². The van der Waals surface area contributed by atoms with Crippen LogP contribution in [0.3, 0.4) is 0 Å². The summed E-state index contributed by atoms with van der Waals surface area (Å²) in [5, 5.41) is 13.7. The zero-order valence-corrected chi connectivity index (χ0v) is 19.3. The first-order chi connectivity index (χ1) is 17.0. The van der Waals surface area contributed by atoms with Crippen LogP contribution in [0.4, 0.5) is 18.9 Å². The average Bonchev–Trinajstić information content (AvgIpc) is 3.03. The smallest absolute Gasteiger partial charge is 0.493 e. The highest BCUT2D eigenvalue weighted by atomic mass is 35.5. The van der Waals surface area contributed by atoms with E-state index in [-0.39, 0.29) is 23.8 Å². The number of amides is 1. The predicted molar refractivity (Wildman–Crippen MR) is 126 cm³/mol. The summed E-state index contributed by atoms with van der Waals surface area (Å²) in [6.45, 7) is 1.48. The third-order valence-corrected chi connectivity index (χ3v) is 5.50. The monoisotopic (exact) mass is 518 g/mol. The minimum atomic E-state index is -4.86. The molecule has 0 saturated heterocycles. The molecule has 4 rings (SSSR count). The number of ether oxygens (including phenoxy) is 1. The van der Waals surface area contributed by atoms with Crippen LogP contribution in [0.5, 0.6) is 11.6 Å². The Kier molecular flexibility index (Phi) is 6.75. The van der Waals surface area contributed by atoms with E-state index in [1.165, 1.54) is 42.1 Å². The Bertz CT molecular complexity index is 1480. The number of carbonyl (C=O) groups excluding carboxylic acids is 1. The molecule has 0 radical (unpaired) electrons. The van der Waals surface area contributed by atoms with E-state index >= 15 is 0 Å². The normalized spacial score (nSPS) is 11.4. The van der Waals surface area contributed by atoms with Crippen molar-refractivity contribution in [2.75, 3.05) is 5.32 Å². The topological polar surface area (TPSA) is 98.4 Å². The van der Waals surface area contributed by atoms with Crippen LogP contribution >= 0.6 is 11.6 Å². The SMILES string of the molecule is Cc1c(O)n(-c2ccc(OC(F)(F)F)cc2)c(=O)n1Cc1ccncc1NC(=O)c1cccc(Cl)c1. The van der Waals surface area contributed by atoms with Gasteiger partial charge in [-0.1, -0.05) is 17.7 Å². The van der Waals surface area contributed by atoms with Crippen molar-refractivity contribution in [1.82, 2.24) is 14.1 Å². The van der Waals surface area contributed by atoms with E-state index in [1.54, 1.807) is 24.3 Å². The van der Waals surface area contributed by atoms with Crippen molar-refractivity contribution in [2.24, 2.45) is 0 Å². The zero-order chi connectivity index (χ0) is 26.0. The number of hydrogen-bond donors (Lipinski definition) is 2. The van der Waals surface area contributed by atoms with Crippen LogP contribution in [0.25, 0.3) is 5.69 Å². The van der Waals surface area contributed by atoms with Crippen LogP contribution in [0.15, 0.2) is 71.8 Å². The van der Waals surface area contributed by atoms with Crippen molar-refractivity contribution >= 4 is 23.2 Å². The molecule has 36 heavy (non-hydrogen) atoms. The number of anilines is 1. The number of carbonyl (C=O) groups is 1. The quantitative estimate of drug-likeness (QED) is 0.378. The fraction of sp³-hybridized carbons (Fsp3) is 0.125. The fourth-order valence-electron chi connectivity index (χ4n) is 3.52. The average molecular weight is 519 g/mol. The molecule has 1 amide bonds. The maximum Gasteiger partial charge on any atom is 0.573 e. The number of benzene rings is 2. The first kappa shape index (κ1) is 24.9. The van der Waals surface area contributed by atoms with E-state index in [2.05, 4.69) is 15.0 Å². The maximum atomic E-state index is 13.2. The maximum absolute atomic E-state index is 13.2. The number of halogens is 4. The molecular weight excluding hydrogens is 501 g/mol. The van der Waals surface area contributed by atoms with E-state index in [0.29, 0.717) is 21.8 Å². The number of imidazole rings is 1. The van der Waals surface area contributed by atoms with Gasteiger partial charge in [0.25, 0.3) is 5.91 Å². The van der Waals surface area contributed by atoms with Crippen LogP contribution in [0.1, 0.15) is 21.6 Å². The van der Waals surface area contributed by atoms with E-state index in [9.17, 15) is 27.9 Å². The Labute approximate surface area is 207 Å². The molecule has 0 atom stereocenters. The molecule has 2 heterocycles.